The summed E-state index contributed by atoms with van der Waals surface area (Å²) in [5.74, 6) is -8.24. The van der Waals surface area contributed by atoms with Gasteiger partial charge in [0, 0.05) is 37.1 Å². The molecule has 1 spiro atoms. The number of ketones is 2. The molecule has 0 unspecified atom stereocenters. The molecule has 5 rings (SSSR count). The molecular weight excluding hydrogens is 825 g/mol. The Balaban J connectivity index is 1.16. The molecule has 3 aliphatic rings. The number of nitrogens with one attached hydrogen (secondary N) is 1. The Morgan fingerprint density at radius 1 is 0.698 bits per heavy atom. The molecule has 1 N–H and O–H groups in total. The van der Waals surface area contributed by atoms with Crippen LogP contribution in [0.2, 0.25) is 0 Å². The lowest BCUT2D eigenvalue weighted by Crippen LogP contribution is -2.54. The third kappa shape index (κ3) is 11.8. The Morgan fingerprint density at radius 3 is 1.70 bits per heavy atom. The van der Waals surface area contributed by atoms with E-state index in [-0.39, 0.29) is 68.0 Å². The molecule has 2 aromatic rings. The lowest BCUT2D eigenvalue weighted by atomic mass is 9.71. The Kier molecular flexibility index (Phi) is 15.8. The highest BCUT2D eigenvalue weighted by Crippen LogP contribution is 2.51. The van der Waals surface area contributed by atoms with Crippen molar-refractivity contribution in [2.75, 3.05) is 40.5 Å². The topological polar surface area (TPSA) is 192 Å². The summed E-state index contributed by atoms with van der Waals surface area (Å²) in [7, 11) is 2.40. The Morgan fingerprint density at radius 2 is 1.22 bits per heavy atom. The smallest absolute Gasteiger partial charge is 0.407 e. The molecule has 0 aromatic heterocycles. The van der Waals surface area contributed by atoms with E-state index in [1.165, 1.54) is 24.0 Å². The Bertz CT molecular complexity index is 2030. The van der Waals surface area contributed by atoms with Crippen molar-refractivity contribution in [1.29, 1.82) is 0 Å². The highest BCUT2D eigenvalue weighted by molar-refractivity contribution is 6.00. The molecule has 4 atom stereocenters. The predicted molar refractivity (Wildman–Crippen MR) is 222 cm³/mol. The molecule has 2 saturated heterocycles. The van der Waals surface area contributed by atoms with Crippen LogP contribution in [0.4, 0.5) is 13.6 Å². The number of likely N-dealkylation sites (tertiary alicyclic amines) is 2. The number of rotatable bonds is 16. The van der Waals surface area contributed by atoms with Crippen LogP contribution in [0.3, 0.4) is 0 Å². The summed E-state index contributed by atoms with van der Waals surface area (Å²) in [4.78, 5) is 107. The first-order valence-corrected chi connectivity index (χ1v) is 21.3. The van der Waals surface area contributed by atoms with Gasteiger partial charge >= 0.3 is 24.0 Å². The van der Waals surface area contributed by atoms with Gasteiger partial charge in [-0.1, -0.05) is 76.2 Å². The fourth-order valence-electron chi connectivity index (χ4n) is 8.57. The molecule has 0 bridgehead atoms. The number of nitrogens with zero attached hydrogens (tertiary/aromatic N) is 2. The third-order valence-corrected chi connectivity index (χ3v) is 12.5. The van der Waals surface area contributed by atoms with Crippen LogP contribution in [0.25, 0.3) is 11.1 Å². The predicted octanol–water partition coefficient (Wildman–Crippen LogP) is 5.81. The second kappa shape index (κ2) is 20.6. The van der Waals surface area contributed by atoms with Crippen molar-refractivity contribution < 1.29 is 66.1 Å². The Hall–Kier alpha value is -5.74. The summed E-state index contributed by atoms with van der Waals surface area (Å²) < 4.78 is 48.6. The maximum atomic E-state index is 14.2. The summed E-state index contributed by atoms with van der Waals surface area (Å²) in [6.45, 7) is 6.23. The van der Waals surface area contributed by atoms with Crippen molar-refractivity contribution in [2.24, 2.45) is 23.2 Å². The Labute approximate surface area is 365 Å². The molecular formula is C46H57F2N3O12. The molecule has 63 heavy (non-hydrogen) atoms. The van der Waals surface area contributed by atoms with Crippen molar-refractivity contribution in [3.8, 4) is 11.1 Å². The van der Waals surface area contributed by atoms with Crippen LogP contribution < -0.4 is 5.32 Å². The number of methoxy groups -OCH3 is 2. The fourth-order valence-corrected chi connectivity index (χ4v) is 8.57. The molecule has 17 heteroatoms. The molecule has 2 heterocycles. The minimum Gasteiger partial charge on any atom is -0.469 e. The van der Waals surface area contributed by atoms with Gasteiger partial charge in [0.1, 0.15) is 18.1 Å². The first-order valence-electron chi connectivity index (χ1n) is 21.3. The normalized spacial score (nSPS) is 19.9. The summed E-state index contributed by atoms with van der Waals surface area (Å²) in [6.07, 6.45) is -0.496. The number of carbonyl (C=O) groups excluding carboxylic acids is 8. The van der Waals surface area contributed by atoms with E-state index in [4.69, 9.17) is 14.2 Å². The number of hydrogen-bond donors (Lipinski definition) is 1. The van der Waals surface area contributed by atoms with Gasteiger partial charge in [-0.25, -0.2) is 23.2 Å². The number of alkyl carbamates (subject to hydrolysis) is 1. The zero-order chi connectivity index (χ0) is 46.2. The first kappa shape index (κ1) is 48.3. The molecule has 342 valence electrons. The van der Waals surface area contributed by atoms with Gasteiger partial charge in [-0.15, -0.1) is 0 Å². The number of Topliss-reactive ketones (excluding diaryl/α,β-unsaturated/α-hetero) is 2. The number of esters is 3. The van der Waals surface area contributed by atoms with Crippen molar-refractivity contribution in [2.45, 2.75) is 103 Å². The van der Waals surface area contributed by atoms with Gasteiger partial charge in [0.05, 0.1) is 26.6 Å². The van der Waals surface area contributed by atoms with Gasteiger partial charge in [0.15, 0.2) is 24.8 Å². The molecule has 15 nitrogen and oxygen atoms in total. The zero-order valence-corrected chi connectivity index (χ0v) is 36.6. The van der Waals surface area contributed by atoms with Gasteiger partial charge in [-0.3, -0.25) is 24.0 Å². The highest BCUT2D eigenvalue weighted by Gasteiger charge is 2.54. The minimum atomic E-state index is -2.83. The maximum Gasteiger partial charge on any atom is 0.407 e. The van der Waals surface area contributed by atoms with E-state index in [0.29, 0.717) is 30.5 Å². The van der Waals surface area contributed by atoms with Crippen LogP contribution in [0, 0.1) is 23.2 Å². The zero-order valence-electron chi connectivity index (χ0n) is 36.6. The maximum absolute atomic E-state index is 14.2. The van der Waals surface area contributed by atoms with Crippen LogP contribution in [-0.4, -0.2) is 122 Å². The molecule has 0 radical (unpaired) electrons. The average molecular weight is 882 g/mol. The van der Waals surface area contributed by atoms with Crippen molar-refractivity contribution in [3.63, 3.8) is 0 Å². The van der Waals surface area contributed by atoms with E-state index < -0.39 is 96.0 Å². The number of benzene rings is 2. The van der Waals surface area contributed by atoms with Gasteiger partial charge in [0.25, 0.3) is 0 Å². The van der Waals surface area contributed by atoms with Gasteiger partial charge in [-0.2, -0.15) is 0 Å². The van der Waals surface area contributed by atoms with E-state index in [1.54, 1.807) is 76.2 Å². The summed E-state index contributed by atoms with van der Waals surface area (Å²) in [5.41, 5.74) is 1.21. The van der Waals surface area contributed by atoms with Crippen LogP contribution in [0.1, 0.15) is 99.8 Å². The lowest BCUT2D eigenvalue weighted by molar-refractivity contribution is -0.155. The van der Waals surface area contributed by atoms with E-state index >= 15 is 0 Å². The highest BCUT2D eigenvalue weighted by atomic mass is 19.3. The number of halogens is 2. The van der Waals surface area contributed by atoms with Gasteiger partial charge in [0.2, 0.25) is 17.7 Å². The van der Waals surface area contributed by atoms with Crippen molar-refractivity contribution >= 4 is 47.4 Å². The van der Waals surface area contributed by atoms with E-state index in [0.717, 1.165) is 0 Å². The molecule has 3 amide bonds. The van der Waals surface area contributed by atoms with Gasteiger partial charge in [-0.05, 0) is 60.5 Å². The molecule has 1 aliphatic carbocycles. The molecule has 2 aromatic carbocycles. The lowest BCUT2D eigenvalue weighted by Gasteiger charge is -2.37. The van der Waals surface area contributed by atoms with E-state index in [1.807, 2.05) is 0 Å². The minimum absolute atomic E-state index is 0.0611. The van der Waals surface area contributed by atoms with Crippen LogP contribution >= 0.6 is 0 Å². The third-order valence-electron chi connectivity index (χ3n) is 12.5. The number of ether oxygens (including phenoxy) is 4. The first-order chi connectivity index (χ1) is 29.8. The summed E-state index contributed by atoms with van der Waals surface area (Å²) in [6, 6.07) is 10.1. The second-order valence-corrected chi connectivity index (χ2v) is 17.4. The van der Waals surface area contributed by atoms with Crippen LogP contribution in [0.5, 0.6) is 0 Å². The van der Waals surface area contributed by atoms with Crippen LogP contribution in [-0.2, 0) is 42.9 Å². The van der Waals surface area contributed by atoms with Crippen LogP contribution in [0.15, 0.2) is 48.5 Å². The summed E-state index contributed by atoms with van der Waals surface area (Å²) in [5, 5.41) is 2.51. The quantitative estimate of drug-likeness (QED) is 0.121. The number of hydrogen-bond acceptors (Lipinski definition) is 12. The fraction of sp³-hybridized carbons (Fsp3) is 0.565. The SMILES string of the molecule is COC(=O)C[C@H](C(=O)N1CC2(CCC(F)(F)CC2)C[C@H]1C(=O)OCC(=O)c1ccc(-c2ccc(C(=O)COC(=O)[C@@H]3CCCN3C(=O)[C@@H](NC(=O)OC)C(C)C)cc2)cc1)C(C)C. The molecule has 3 fully saturated rings. The van der Waals surface area contributed by atoms with E-state index in [9.17, 15) is 47.1 Å². The van der Waals surface area contributed by atoms with Gasteiger partial charge < -0.3 is 34.1 Å². The molecule has 2 aliphatic heterocycles. The molecule has 1 saturated carbocycles. The largest absolute Gasteiger partial charge is 0.469 e. The van der Waals surface area contributed by atoms with E-state index in [2.05, 4.69) is 10.1 Å². The standard InChI is InChI=1S/C46H57F2N3O12/c1-27(2)33(22-38(54)60-5)40(55)51-26-45(17-19-46(47,48)20-18-45)23-35(51)43(58)63-25-37(53)32-15-11-30(12-16-32)29-9-13-31(14-10-29)36(52)24-62-42(57)34-8-7-21-50(34)41(56)39(28(3)4)49-44(59)61-6/h9-16,27-28,33-35,39H,7-8,17-26H2,1-6H3,(H,49,59)/t33-,34-,35-,39-/m0/s1. The number of amides is 3. The summed E-state index contributed by atoms with van der Waals surface area (Å²) >= 11 is 0. The van der Waals surface area contributed by atoms with Crippen molar-refractivity contribution in [3.05, 3.63) is 59.7 Å². The monoisotopic (exact) mass is 881 g/mol. The average Bonchev–Trinajstić information content (AvgIpc) is 3.92. The number of alkyl halides is 2. The second-order valence-electron chi connectivity index (χ2n) is 17.4. The van der Waals surface area contributed by atoms with Crippen molar-refractivity contribution in [1.82, 2.24) is 15.1 Å². The number of carbonyl (C=O) groups is 8.